The van der Waals surface area contributed by atoms with E-state index in [4.69, 9.17) is 11.6 Å². The summed E-state index contributed by atoms with van der Waals surface area (Å²) < 4.78 is 3.39. The van der Waals surface area contributed by atoms with Gasteiger partial charge < -0.3 is 0 Å². The summed E-state index contributed by atoms with van der Waals surface area (Å²) in [6.07, 6.45) is 1.00. The number of halogens is 1. The van der Waals surface area contributed by atoms with Gasteiger partial charge in [-0.1, -0.05) is 0 Å². The monoisotopic (exact) mass is 289 g/mol. The first-order valence-electron chi connectivity index (χ1n) is 3.99. The van der Waals surface area contributed by atoms with E-state index >= 15 is 0 Å². The number of hydrogen-bond donors (Lipinski definition) is 1. The van der Waals surface area contributed by atoms with Crippen LogP contribution in [0.15, 0.2) is 18.2 Å². The molecule has 0 aliphatic heterocycles. The molecule has 0 atom stereocenters. The minimum absolute atomic E-state index is 0.404. The topological polar surface area (TPSA) is 12.0 Å². The Morgan fingerprint density at radius 1 is 1.50 bits per heavy atom. The Hall–Kier alpha value is 0.109. The second-order valence-corrected chi connectivity index (χ2v) is 5.03. The number of rotatable bonds is 3. The van der Waals surface area contributed by atoms with E-state index in [2.05, 4.69) is 27.5 Å². The standard InChI is InChI=1S/C8H9ClN.CH3.Sn/c1-2-6-4-3-5-7(10)8(6)9;;/h3-5,10H,2H2,1H3;1H3;/q-1;;+1. The van der Waals surface area contributed by atoms with Crippen molar-refractivity contribution in [2.75, 3.05) is 3.54 Å². The predicted octanol–water partition coefficient (Wildman–Crippen LogP) is 2.98. The van der Waals surface area contributed by atoms with Crippen molar-refractivity contribution in [1.29, 1.82) is 0 Å². The quantitative estimate of drug-likeness (QED) is 0.843. The Bertz CT molecular complexity index is 263. The van der Waals surface area contributed by atoms with Gasteiger partial charge in [-0.05, 0) is 0 Å². The van der Waals surface area contributed by atoms with Crippen LogP contribution in [0.1, 0.15) is 12.5 Å². The van der Waals surface area contributed by atoms with Crippen LogP contribution in [0.25, 0.3) is 0 Å². The van der Waals surface area contributed by atoms with Gasteiger partial charge in [-0.15, -0.1) is 0 Å². The maximum atomic E-state index is 6.15. The van der Waals surface area contributed by atoms with Crippen molar-refractivity contribution in [3.63, 3.8) is 0 Å². The van der Waals surface area contributed by atoms with Crippen LogP contribution in [0.5, 0.6) is 0 Å². The van der Waals surface area contributed by atoms with Crippen LogP contribution in [0.2, 0.25) is 9.96 Å². The Balaban J connectivity index is 2.97. The zero-order chi connectivity index (χ0) is 8.97. The summed E-state index contributed by atoms with van der Waals surface area (Å²) in [5.74, 6) is 0. The third kappa shape index (κ3) is 2.30. The van der Waals surface area contributed by atoms with Gasteiger partial charge in [0, 0.05) is 0 Å². The Kier molecular flexibility index (Phi) is 4.22. The van der Waals surface area contributed by atoms with E-state index < -0.39 is 21.4 Å². The first-order chi connectivity index (χ1) is 5.79. The average Bonchev–Trinajstić information content (AvgIpc) is 2.09. The molecule has 1 rings (SSSR count). The second kappa shape index (κ2) is 4.97. The predicted molar refractivity (Wildman–Crippen MR) is 56.1 cm³/mol. The summed E-state index contributed by atoms with van der Waals surface area (Å²) in [5, 5.41) is 0.905. The van der Waals surface area contributed by atoms with Gasteiger partial charge in [0.05, 0.1) is 0 Å². The average molecular weight is 288 g/mol. The van der Waals surface area contributed by atoms with Gasteiger partial charge >= 0.3 is 89.3 Å². The zero-order valence-electron chi connectivity index (χ0n) is 7.32. The van der Waals surface area contributed by atoms with Crippen molar-refractivity contribution in [1.82, 2.24) is 0 Å². The molecule has 1 nitrogen and oxygen atoms in total. The summed E-state index contributed by atoms with van der Waals surface area (Å²) in [7, 11) is 0. The fourth-order valence-corrected chi connectivity index (χ4v) is 2.98. The molecule has 0 unspecified atom stereocenters. The van der Waals surface area contributed by atoms with Crippen molar-refractivity contribution in [2.45, 2.75) is 18.3 Å². The SMILES string of the molecule is CCc1cccc([NH][Sn][CH3])c1Cl. The molecular formula is C9H12ClNSn. The van der Waals surface area contributed by atoms with Crippen LogP contribution in [-0.4, -0.2) is 21.4 Å². The summed E-state index contributed by atoms with van der Waals surface area (Å²) >= 11 is 5.75. The van der Waals surface area contributed by atoms with Gasteiger partial charge in [0.2, 0.25) is 0 Å². The molecule has 0 saturated heterocycles. The molecule has 1 aromatic carbocycles. The molecular weight excluding hydrogens is 276 g/mol. The van der Waals surface area contributed by atoms with E-state index in [9.17, 15) is 0 Å². The van der Waals surface area contributed by atoms with Crippen LogP contribution < -0.4 is 3.54 Å². The Morgan fingerprint density at radius 2 is 2.25 bits per heavy atom. The molecule has 3 heteroatoms. The first-order valence-corrected chi connectivity index (χ1v) is 8.65. The fraction of sp³-hybridized carbons (Fsp3) is 0.333. The van der Waals surface area contributed by atoms with E-state index in [0.29, 0.717) is 0 Å². The molecule has 0 heterocycles. The van der Waals surface area contributed by atoms with Gasteiger partial charge in [-0.25, -0.2) is 0 Å². The van der Waals surface area contributed by atoms with Crippen molar-refractivity contribution in [3.05, 3.63) is 28.8 Å². The molecule has 0 spiro atoms. The summed E-state index contributed by atoms with van der Waals surface area (Å²) in [5.41, 5.74) is 2.35. The van der Waals surface area contributed by atoms with Crippen LogP contribution in [-0.2, 0) is 6.42 Å². The Morgan fingerprint density at radius 3 is 2.83 bits per heavy atom. The molecule has 0 bridgehead atoms. The van der Waals surface area contributed by atoms with E-state index in [0.717, 1.165) is 17.1 Å². The summed E-state index contributed by atoms with van der Waals surface area (Å²) in [6, 6.07) is 6.18. The maximum absolute atomic E-state index is 6.15. The minimum atomic E-state index is -0.404. The van der Waals surface area contributed by atoms with Gasteiger partial charge in [0.15, 0.2) is 0 Å². The molecule has 0 amide bonds. The third-order valence-corrected chi connectivity index (χ3v) is 3.65. The molecule has 12 heavy (non-hydrogen) atoms. The van der Waals surface area contributed by atoms with E-state index in [1.807, 2.05) is 6.07 Å². The number of benzene rings is 1. The van der Waals surface area contributed by atoms with Crippen LogP contribution in [0.4, 0.5) is 5.69 Å². The number of aryl methyl sites for hydroxylation is 1. The molecule has 0 aliphatic rings. The number of hydrogen-bond acceptors (Lipinski definition) is 1. The van der Waals surface area contributed by atoms with Gasteiger partial charge in [0.25, 0.3) is 0 Å². The number of nitrogens with one attached hydrogen (secondary N) is 1. The molecule has 1 N–H and O–H groups in total. The molecule has 2 radical (unpaired) electrons. The molecule has 0 aliphatic carbocycles. The Labute approximate surface area is 89.1 Å². The second-order valence-electron chi connectivity index (χ2n) is 2.51. The molecule has 0 saturated carbocycles. The molecule has 0 aromatic heterocycles. The summed E-state index contributed by atoms with van der Waals surface area (Å²) in [4.78, 5) is 2.23. The van der Waals surface area contributed by atoms with Crippen molar-refractivity contribution in [2.24, 2.45) is 0 Å². The molecule has 1 aromatic rings. The zero-order valence-corrected chi connectivity index (χ0v) is 10.9. The van der Waals surface area contributed by atoms with E-state index in [1.54, 1.807) is 0 Å². The fourth-order valence-electron chi connectivity index (χ4n) is 1.08. The molecule has 64 valence electrons. The van der Waals surface area contributed by atoms with Crippen molar-refractivity contribution < 1.29 is 0 Å². The van der Waals surface area contributed by atoms with Gasteiger partial charge in [-0.2, -0.15) is 0 Å². The first kappa shape index (κ1) is 10.2. The van der Waals surface area contributed by atoms with Crippen LogP contribution in [0.3, 0.4) is 0 Å². The number of anilines is 1. The van der Waals surface area contributed by atoms with Gasteiger partial charge in [0.1, 0.15) is 0 Å². The van der Waals surface area contributed by atoms with Crippen molar-refractivity contribution >= 4 is 38.7 Å². The van der Waals surface area contributed by atoms with Crippen LogP contribution in [0, 0.1) is 0 Å². The van der Waals surface area contributed by atoms with Gasteiger partial charge in [-0.3, -0.25) is 0 Å². The van der Waals surface area contributed by atoms with Crippen molar-refractivity contribution in [3.8, 4) is 0 Å². The third-order valence-electron chi connectivity index (χ3n) is 1.72. The summed E-state index contributed by atoms with van der Waals surface area (Å²) in [6.45, 7) is 2.12. The van der Waals surface area contributed by atoms with E-state index in [1.165, 1.54) is 5.56 Å². The van der Waals surface area contributed by atoms with Crippen LogP contribution >= 0.6 is 11.6 Å². The normalized spacial score (nSPS) is 9.92. The van der Waals surface area contributed by atoms with E-state index in [-0.39, 0.29) is 0 Å². The molecule has 0 fully saturated rings.